The van der Waals surface area contributed by atoms with Crippen LogP contribution in [-0.2, 0) is 36.7 Å². The Balaban J connectivity index is 1.48. The number of nitrogens with one attached hydrogen (secondary N) is 1. The van der Waals surface area contributed by atoms with Crippen molar-refractivity contribution in [2.24, 2.45) is 0 Å². The SMILES string of the molecule is COC(=O)CNC(=O)c1ccc(CCOCCN(CCOCCc2ccc(C(=O)N(C)OC)c(F)c2)C(=O)c2ccc(C)cc2)cc1F. The van der Waals surface area contributed by atoms with Crippen LogP contribution in [0.4, 0.5) is 8.78 Å². The van der Waals surface area contributed by atoms with E-state index >= 15 is 0 Å². The Labute approximate surface area is 278 Å². The smallest absolute Gasteiger partial charge is 0.325 e. The number of esters is 1. The molecule has 3 rings (SSSR count). The van der Waals surface area contributed by atoms with Crippen LogP contribution >= 0.6 is 0 Å². The normalized spacial score (nSPS) is 10.8. The fraction of sp³-hybridized carbons (Fsp3) is 0.371. The summed E-state index contributed by atoms with van der Waals surface area (Å²) in [7, 11) is 3.90. The third kappa shape index (κ3) is 11.5. The number of carbonyl (C=O) groups is 4. The Hall–Kier alpha value is -4.72. The molecule has 0 fully saturated rings. The molecule has 0 atom stereocenters. The molecular formula is C35H41F2N3O8. The topological polar surface area (TPSA) is 124 Å². The predicted molar refractivity (Wildman–Crippen MR) is 172 cm³/mol. The molecule has 1 N–H and O–H groups in total. The lowest BCUT2D eigenvalue weighted by molar-refractivity contribution is -0.139. The number of nitrogens with zero attached hydrogens (tertiary/aromatic N) is 2. The fourth-order valence-corrected chi connectivity index (χ4v) is 4.49. The summed E-state index contributed by atoms with van der Waals surface area (Å²) in [5.74, 6) is -3.53. The van der Waals surface area contributed by atoms with Crippen LogP contribution in [0.5, 0.6) is 0 Å². The van der Waals surface area contributed by atoms with Crippen LogP contribution in [-0.4, -0.2) is 101 Å². The Bertz CT molecular complexity index is 1550. The van der Waals surface area contributed by atoms with Gasteiger partial charge in [-0.05, 0) is 67.3 Å². The summed E-state index contributed by atoms with van der Waals surface area (Å²) in [6.45, 7) is 3.10. The quantitative estimate of drug-likeness (QED) is 0.123. The zero-order chi connectivity index (χ0) is 35.1. The van der Waals surface area contributed by atoms with E-state index in [0.717, 1.165) is 10.6 Å². The van der Waals surface area contributed by atoms with Gasteiger partial charge in [-0.3, -0.25) is 24.0 Å². The summed E-state index contributed by atoms with van der Waals surface area (Å²) in [6.07, 6.45) is 0.773. The van der Waals surface area contributed by atoms with Crippen LogP contribution in [0.1, 0.15) is 47.8 Å². The molecule has 0 saturated carbocycles. The minimum absolute atomic E-state index is 0.0975. The van der Waals surface area contributed by atoms with Gasteiger partial charge in [-0.1, -0.05) is 29.8 Å². The van der Waals surface area contributed by atoms with E-state index in [-0.39, 0.29) is 63.1 Å². The minimum Gasteiger partial charge on any atom is -0.468 e. The second-order valence-corrected chi connectivity index (χ2v) is 10.8. The number of rotatable bonds is 18. The summed E-state index contributed by atoms with van der Waals surface area (Å²) >= 11 is 0. The van der Waals surface area contributed by atoms with Crippen molar-refractivity contribution >= 4 is 23.7 Å². The zero-order valence-corrected chi connectivity index (χ0v) is 27.6. The highest BCUT2D eigenvalue weighted by atomic mass is 19.1. The molecule has 3 amide bonds. The molecule has 0 heterocycles. The zero-order valence-electron chi connectivity index (χ0n) is 27.6. The third-order valence-corrected chi connectivity index (χ3v) is 7.39. The molecule has 3 aromatic rings. The number of aryl methyl sites for hydroxylation is 1. The van der Waals surface area contributed by atoms with Crippen LogP contribution in [0.3, 0.4) is 0 Å². The van der Waals surface area contributed by atoms with Gasteiger partial charge in [0.25, 0.3) is 17.7 Å². The monoisotopic (exact) mass is 669 g/mol. The van der Waals surface area contributed by atoms with Crippen LogP contribution in [0.2, 0.25) is 0 Å². The van der Waals surface area contributed by atoms with E-state index in [9.17, 15) is 28.0 Å². The first-order valence-electron chi connectivity index (χ1n) is 15.3. The Morgan fingerprint density at radius 3 is 1.77 bits per heavy atom. The van der Waals surface area contributed by atoms with Gasteiger partial charge in [-0.2, -0.15) is 0 Å². The first kappa shape index (κ1) is 37.7. The number of hydrogen-bond donors (Lipinski definition) is 1. The Morgan fingerprint density at radius 2 is 1.27 bits per heavy atom. The van der Waals surface area contributed by atoms with E-state index in [1.807, 2.05) is 19.1 Å². The van der Waals surface area contributed by atoms with Gasteiger partial charge in [0, 0.05) is 25.7 Å². The van der Waals surface area contributed by atoms with Crippen molar-refractivity contribution in [3.05, 3.63) is 106 Å². The van der Waals surface area contributed by atoms with Crippen molar-refractivity contribution in [3.8, 4) is 0 Å². The number of hydrogen-bond acceptors (Lipinski definition) is 8. The third-order valence-electron chi connectivity index (χ3n) is 7.39. The lowest BCUT2D eigenvalue weighted by Gasteiger charge is -2.23. The van der Waals surface area contributed by atoms with Crippen molar-refractivity contribution in [1.82, 2.24) is 15.3 Å². The minimum atomic E-state index is -0.727. The van der Waals surface area contributed by atoms with Gasteiger partial charge in [0.15, 0.2) is 0 Å². The second-order valence-electron chi connectivity index (χ2n) is 10.8. The van der Waals surface area contributed by atoms with E-state index in [1.165, 1.54) is 45.5 Å². The number of hydroxylamine groups is 2. The van der Waals surface area contributed by atoms with Gasteiger partial charge in [0.05, 0.1) is 51.8 Å². The van der Waals surface area contributed by atoms with Gasteiger partial charge in [-0.25, -0.2) is 13.8 Å². The molecule has 0 aliphatic carbocycles. The molecule has 0 aromatic heterocycles. The van der Waals surface area contributed by atoms with Gasteiger partial charge in [0.1, 0.15) is 18.2 Å². The number of benzene rings is 3. The Kier molecular flexibility index (Phi) is 15.1. The molecule has 0 unspecified atom stereocenters. The average Bonchev–Trinajstić information content (AvgIpc) is 3.08. The lowest BCUT2D eigenvalue weighted by atomic mass is 10.1. The maximum atomic E-state index is 14.5. The standard InChI is InChI=1S/C35H41F2N3O8/c1-24-5-9-27(10-6-24)34(43)40(16-20-48-18-14-26-8-12-29(31(37)22-26)35(44)39(2)46-4)15-19-47-17-13-25-7-11-28(30(36)21-25)33(42)38-23-32(41)45-3/h5-12,21-22H,13-20,23H2,1-4H3,(H,38,42). The molecule has 0 radical (unpaired) electrons. The highest BCUT2D eigenvalue weighted by Gasteiger charge is 2.18. The molecule has 0 bridgehead atoms. The molecule has 48 heavy (non-hydrogen) atoms. The summed E-state index contributed by atoms with van der Waals surface area (Å²) < 4.78 is 45.0. The van der Waals surface area contributed by atoms with Crippen LogP contribution in [0.25, 0.3) is 0 Å². The molecule has 0 aliphatic heterocycles. The summed E-state index contributed by atoms with van der Waals surface area (Å²) in [5, 5.41) is 3.24. The number of ether oxygens (including phenoxy) is 3. The van der Waals surface area contributed by atoms with E-state index < -0.39 is 29.4 Å². The number of halogens is 2. The van der Waals surface area contributed by atoms with E-state index in [2.05, 4.69) is 10.1 Å². The summed E-state index contributed by atoms with van der Waals surface area (Å²) in [5.41, 5.74) is 2.53. The van der Waals surface area contributed by atoms with Crippen LogP contribution in [0, 0.1) is 18.6 Å². The maximum Gasteiger partial charge on any atom is 0.325 e. The first-order chi connectivity index (χ1) is 23.0. The van der Waals surface area contributed by atoms with Gasteiger partial charge >= 0.3 is 5.97 Å². The molecule has 13 heteroatoms. The van der Waals surface area contributed by atoms with Crippen molar-refractivity contribution in [3.63, 3.8) is 0 Å². The molecule has 0 spiro atoms. The van der Waals surface area contributed by atoms with Crippen molar-refractivity contribution < 1.29 is 47.0 Å². The van der Waals surface area contributed by atoms with Crippen molar-refractivity contribution in [1.29, 1.82) is 0 Å². The molecule has 0 saturated heterocycles. The highest BCUT2D eigenvalue weighted by molar-refractivity contribution is 5.96. The summed E-state index contributed by atoms with van der Waals surface area (Å²) in [6, 6.07) is 15.8. The van der Waals surface area contributed by atoms with Gasteiger partial charge in [0.2, 0.25) is 0 Å². The lowest BCUT2D eigenvalue weighted by Crippen LogP contribution is -2.37. The molecule has 3 aromatic carbocycles. The van der Waals surface area contributed by atoms with Gasteiger partial charge < -0.3 is 24.4 Å². The van der Waals surface area contributed by atoms with Crippen molar-refractivity contribution in [2.45, 2.75) is 19.8 Å². The predicted octanol–water partition coefficient (Wildman–Crippen LogP) is 3.77. The average molecular weight is 670 g/mol. The van der Waals surface area contributed by atoms with E-state index in [0.29, 0.717) is 29.5 Å². The summed E-state index contributed by atoms with van der Waals surface area (Å²) in [4.78, 5) is 55.2. The van der Waals surface area contributed by atoms with Gasteiger partial charge in [-0.15, -0.1) is 0 Å². The number of methoxy groups -OCH3 is 1. The number of amides is 3. The molecule has 11 nitrogen and oxygen atoms in total. The van der Waals surface area contributed by atoms with E-state index in [1.54, 1.807) is 29.2 Å². The largest absolute Gasteiger partial charge is 0.468 e. The molecular weight excluding hydrogens is 628 g/mol. The maximum absolute atomic E-state index is 14.5. The van der Waals surface area contributed by atoms with Crippen LogP contribution in [0.15, 0.2) is 60.7 Å². The fourth-order valence-electron chi connectivity index (χ4n) is 4.49. The first-order valence-corrected chi connectivity index (χ1v) is 15.3. The molecule has 0 aliphatic rings. The number of carbonyl (C=O) groups excluding carboxylic acids is 4. The molecule has 258 valence electrons. The second kappa shape index (κ2) is 19.2. The highest BCUT2D eigenvalue weighted by Crippen LogP contribution is 2.14. The Morgan fingerprint density at radius 1 is 0.729 bits per heavy atom. The van der Waals surface area contributed by atoms with E-state index in [4.69, 9.17) is 14.3 Å². The van der Waals surface area contributed by atoms with Crippen molar-refractivity contribution in [2.75, 3.05) is 67.3 Å². The van der Waals surface area contributed by atoms with Crippen LogP contribution < -0.4 is 5.32 Å².